The fourth-order valence-corrected chi connectivity index (χ4v) is 8.18. The summed E-state index contributed by atoms with van der Waals surface area (Å²) in [6.45, 7) is 0. The molecule has 12 aromatic carbocycles. The highest BCUT2D eigenvalue weighted by Gasteiger charge is 2.32. The smallest absolute Gasteiger partial charge is 0.198 e. The van der Waals surface area contributed by atoms with Gasteiger partial charge in [0.05, 0.1) is 21.5 Å². The highest BCUT2D eigenvalue weighted by atomic mass is 19.2. The molecule has 0 aliphatic carbocycles. The zero-order valence-electron chi connectivity index (χ0n) is 35.9. The van der Waals surface area contributed by atoms with E-state index in [2.05, 4.69) is 146 Å². The quantitative estimate of drug-likeness (QED) is 0.0615. The highest BCUT2D eigenvalue weighted by Crippen LogP contribution is 2.36. The fraction of sp³-hybridized carbons (Fsp3) is 0. The molecule has 0 amide bonds. The van der Waals surface area contributed by atoms with E-state index in [1.54, 1.807) is 0 Å². The molecular weight excluding hydrogens is 977 g/mol. The van der Waals surface area contributed by atoms with E-state index in [0.29, 0.717) is 0 Å². The van der Waals surface area contributed by atoms with E-state index in [1.807, 2.05) is 0 Å². The molecule has 360 valence electrons. The topological polar surface area (TPSA) is 0 Å². The second-order valence-corrected chi connectivity index (χ2v) is 16.0. The molecule has 0 bridgehead atoms. The summed E-state index contributed by atoms with van der Waals surface area (Å²) < 4.78 is 207. The van der Waals surface area contributed by atoms with Gasteiger partial charge in [0.25, 0.3) is 0 Å². The zero-order valence-corrected chi connectivity index (χ0v) is 35.9. The Bertz CT molecular complexity index is 3410. The Morgan fingerprint density at radius 2 is 0.250 bits per heavy atom. The minimum Gasteiger partial charge on any atom is -0.203 e. The van der Waals surface area contributed by atoms with E-state index in [-0.39, 0.29) is 0 Å². The number of hydrogen-bond donors (Lipinski definition) is 0. The molecule has 0 unspecified atom stereocenters. The van der Waals surface area contributed by atoms with Crippen molar-refractivity contribution in [2.75, 3.05) is 0 Å². The van der Waals surface area contributed by atoms with Crippen molar-refractivity contribution in [3.8, 4) is 0 Å². The molecule has 0 aliphatic rings. The molecule has 0 fully saturated rings. The van der Waals surface area contributed by atoms with Crippen LogP contribution in [0.25, 0.3) is 86.2 Å². The molecule has 0 spiro atoms. The van der Waals surface area contributed by atoms with E-state index >= 15 is 0 Å². The third-order valence-electron chi connectivity index (χ3n) is 11.7. The Kier molecular flexibility index (Phi) is 12.9. The highest BCUT2D eigenvalue weighted by molar-refractivity contribution is 6.06. The molecule has 0 aromatic heterocycles. The Morgan fingerprint density at radius 3 is 0.361 bits per heavy atom. The fourth-order valence-electron chi connectivity index (χ4n) is 8.18. The number of hydrogen-bond acceptors (Lipinski definition) is 0. The Morgan fingerprint density at radius 1 is 0.139 bits per heavy atom. The van der Waals surface area contributed by atoms with Crippen molar-refractivity contribution < 1.29 is 70.2 Å². The van der Waals surface area contributed by atoms with Crippen molar-refractivity contribution in [1.82, 2.24) is 0 Å². The predicted octanol–water partition coefficient (Wildman–Crippen LogP) is 18.2. The van der Waals surface area contributed by atoms with Gasteiger partial charge in [-0.05, 0) is 113 Å². The Balaban J connectivity index is 0.000000119. The monoisotopic (exact) mass is 1000 g/mol. The van der Waals surface area contributed by atoms with Gasteiger partial charge in [-0.1, -0.05) is 97.1 Å². The minimum atomic E-state index is -2.45. The lowest BCUT2D eigenvalue weighted by atomic mass is 10.00. The van der Waals surface area contributed by atoms with Crippen LogP contribution in [0, 0.1) is 93.1 Å². The normalized spacial score (nSPS) is 11.3. The molecule has 0 radical (unpaired) electrons. The molecular formula is C56H24F16. The Hall–Kier alpha value is -8.40. The Labute approximate surface area is 394 Å². The van der Waals surface area contributed by atoms with Gasteiger partial charge in [0.1, 0.15) is 0 Å². The van der Waals surface area contributed by atoms with Crippen LogP contribution in [0.5, 0.6) is 0 Å². The molecule has 72 heavy (non-hydrogen) atoms. The van der Waals surface area contributed by atoms with Crippen LogP contribution < -0.4 is 0 Å². The van der Waals surface area contributed by atoms with Gasteiger partial charge in [-0.2, -0.15) is 0 Å². The first-order valence-electron chi connectivity index (χ1n) is 21.0. The molecule has 0 atom stereocenters. The first-order chi connectivity index (χ1) is 34.4. The van der Waals surface area contributed by atoms with E-state index < -0.39 is 115 Å². The molecule has 16 heteroatoms. The van der Waals surface area contributed by atoms with Gasteiger partial charge < -0.3 is 0 Å². The van der Waals surface area contributed by atoms with E-state index in [9.17, 15) is 70.2 Å². The van der Waals surface area contributed by atoms with Crippen LogP contribution in [0.3, 0.4) is 0 Å². The second-order valence-electron chi connectivity index (χ2n) is 16.0. The third kappa shape index (κ3) is 8.45. The van der Waals surface area contributed by atoms with E-state index in [4.69, 9.17) is 0 Å². The molecule has 0 N–H and O–H groups in total. The van der Waals surface area contributed by atoms with E-state index in [1.165, 1.54) is 64.6 Å². The SMILES string of the molecule is Fc1c(F)c(F)c2c(F)c(F)c(F)c(F)c2c1F.Fc1c(F)c(F)c2c(F)c(F)c(F)c(F)c2c1F.c1ccc2cc3cc4ccccc4cc3cc2c1.c1ccc2cc3cc4ccccc4cc3cc2c1. The van der Waals surface area contributed by atoms with E-state index in [0.717, 1.165) is 0 Å². The van der Waals surface area contributed by atoms with Crippen LogP contribution in [0.4, 0.5) is 70.2 Å². The lowest BCUT2D eigenvalue weighted by molar-refractivity contribution is 0.395. The number of benzene rings is 12. The maximum Gasteiger partial charge on any atom is 0.198 e. The second kappa shape index (κ2) is 19.1. The molecule has 12 rings (SSSR count). The van der Waals surface area contributed by atoms with Crippen molar-refractivity contribution in [2.45, 2.75) is 0 Å². The zero-order chi connectivity index (χ0) is 51.4. The van der Waals surface area contributed by atoms with Gasteiger partial charge >= 0.3 is 0 Å². The predicted molar refractivity (Wildman–Crippen MR) is 245 cm³/mol. The minimum absolute atomic E-state index is 1.31. The third-order valence-corrected chi connectivity index (χ3v) is 11.7. The number of halogens is 16. The summed E-state index contributed by atoms with van der Waals surface area (Å²) in [5.41, 5.74) is 0. The van der Waals surface area contributed by atoms with Crippen molar-refractivity contribution in [1.29, 1.82) is 0 Å². The molecule has 0 aliphatic heterocycles. The van der Waals surface area contributed by atoms with Crippen LogP contribution in [0.15, 0.2) is 146 Å². The van der Waals surface area contributed by atoms with Crippen LogP contribution in [0.2, 0.25) is 0 Å². The summed E-state index contributed by atoms with van der Waals surface area (Å²) in [4.78, 5) is 0. The lowest BCUT2D eigenvalue weighted by Gasteiger charge is -2.08. The summed E-state index contributed by atoms with van der Waals surface area (Å²) in [6, 6.07) is 52.3. The summed E-state index contributed by atoms with van der Waals surface area (Å²) >= 11 is 0. The maximum absolute atomic E-state index is 13.1. The standard InChI is InChI=1S/2C18H12.2C10F8/c2*1-2-6-14-10-18-12-16-8-4-3-7-15(16)11-17(18)9-13(14)5-1;2*11-3-1-2(5(13)9(17)7(3)15)6(14)10(18)8(16)4(1)12/h2*1-12H;;. The van der Waals surface area contributed by atoms with Gasteiger partial charge in [0.15, 0.2) is 93.1 Å². The molecule has 0 heterocycles. The summed E-state index contributed by atoms with van der Waals surface area (Å²) in [6.07, 6.45) is 0. The molecule has 0 saturated heterocycles. The summed E-state index contributed by atoms with van der Waals surface area (Å²) in [5.74, 6) is -38.4. The molecule has 12 aromatic rings. The van der Waals surface area contributed by atoms with Gasteiger partial charge in [-0.15, -0.1) is 0 Å². The molecule has 0 nitrogen and oxygen atoms in total. The average Bonchev–Trinajstić information content (AvgIpc) is 3.39. The summed E-state index contributed by atoms with van der Waals surface area (Å²) in [7, 11) is 0. The summed E-state index contributed by atoms with van der Waals surface area (Å²) in [5, 5.41) is 8.37. The molecule has 0 saturated carbocycles. The van der Waals surface area contributed by atoms with Crippen LogP contribution in [-0.4, -0.2) is 0 Å². The van der Waals surface area contributed by atoms with Crippen LogP contribution in [0.1, 0.15) is 0 Å². The number of fused-ring (bicyclic) bond motifs is 8. The largest absolute Gasteiger partial charge is 0.203 e. The first kappa shape index (κ1) is 48.6. The first-order valence-corrected chi connectivity index (χ1v) is 21.0. The van der Waals surface area contributed by atoms with Gasteiger partial charge in [-0.25, -0.2) is 70.2 Å². The van der Waals surface area contributed by atoms with Crippen molar-refractivity contribution in [2.24, 2.45) is 0 Å². The lowest BCUT2D eigenvalue weighted by Crippen LogP contribution is -2.06. The number of rotatable bonds is 0. The van der Waals surface area contributed by atoms with Gasteiger partial charge in [0.2, 0.25) is 0 Å². The van der Waals surface area contributed by atoms with Crippen LogP contribution in [-0.2, 0) is 0 Å². The van der Waals surface area contributed by atoms with Crippen molar-refractivity contribution in [3.05, 3.63) is 239 Å². The van der Waals surface area contributed by atoms with Crippen molar-refractivity contribution in [3.63, 3.8) is 0 Å². The van der Waals surface area contributed by atoms with Crippen molar-refractivity contribution >= 4 is 86.2 Å². The maximum atomic E-state index is 13.1. The van der Waals surface area contributed by atoms with Gasteiger partial charge in [-0.3, -0.25) is 0 Å². The van der Waals surface area contributed by atoms with Gasteiger partial charge in [0, 0.05) is 0 Å². The van der Waals surface area contributed by atoms with Crippen LogP contribution >= 0.6 is 0 Å². The average molecular weight is 1000 g/mol.